The Morgan fingerprint density at radius 3 is 2.38 bits per heavy atom. The average molecular weight is 188 g/mol. The molecule has 0 saturated carbocycles. The zero-order valence-electron chi connectivity index (χ0n) is 9.25. The van der Waals surface area contributed by atoms with Gasteiger partial charge in [0.15, 0.2) is 0 Å². The van der Waals surface area contributed by atoms with E-state index in [4.69, 9.17) is 4.74 Å². The molecule has 2 nitrogen and oxygen atoms in total. The first kappa shape index (κ1) is 12.9. The van der Waals surface area contributed by atoms with E-state index < -0.39 is 0 Å². The first-order valence-corrected chi connectivity index (χ1v) is 5.52. The average Bonchev–Trinajstić information content (AvgIpc) is 2.12. The highest BCUT2D eigenvalue weighted by molar-refractivity contribution is 4.63. The molecule has 13 heavy (non-hydrogen) atoms. The molecule has 0 amide bonds. The van der Waals surface area contributed by atoms with Crippen molar-refractivity contribution in [1.82, 2.24) is 0 Å². The van der Waals surface area contributed by atoms with Gasteiger partial charge in [0, 0.05) is 6.61 Å². The molecule has 0 aliphatic carbocycles. The molecule has 0 radical (unpaired) electrons. The van der Waals surface area contributed by atoms with E-state index in [2.05, 4.69) is 6.92 Å². The van der Waals surface area contributed by atoms with Gasteiger partial charge < -0.3 is 9.84 Å². The standard InChI is InChI=1S/C11H24O2/c1-4-6-7-8-9-11(12)10(3)13-5-2/h10-12H,4-9H2,1-3H3. The molecule has 2 heteroatoms. The van der Waals surface area contributed by atoms with Crippen molar-refractivity contribution in [3.05, 3.63) is 0 Å². The molecule has 0 aromatic rings. The van der Waals surface area contributed by atoms with E-state index >= 15 is 0 Å². The fraction of sp³-hybridized carbons (Fsp3) is 1.00. The molecule has 0 rings (SSSR count). The van der Waals surface area contributed by atoms with Crippen LogP contribution in [-0.4, -0.2) is 23.9 Å². The predicted molar refractivity (Wildman–Crippen MR) is 55.9 cm³/mol. The second-order valence-electron chi connectivity index (χ2n) is 3.58. The minimum Gasteiger partial charge on any atom is -0.390 e. The van der Waals surface area contributed by atoms with Gasteiger partial charge in [-0.05, 0) is 20.3 Å². The van der Waals surface area contributed by atoms with Crippen LogP contribution in [0.3, 0.4) is 0 Å². The molecule has 0 heterocycles. The van der Waals surface area contributed by atoms with Crippen LogP contribution in [0, 0.1) is 0 Å². The van der Waals surface area contributed by atoms with E-state index in [0.29, 0.717) is 6.61 Å². The number of aliphatic hydroxyl groups is 1. The lowest BCUT2D eigenvalue weighted by molar-refractivity contribution is -0.0256. The highest BCUT2D eigenvalue weighted by atomic mass is 16.5. The van der Waals surface area contributed by atoms with Crippen LogP contribution in [0.5, 0.6) is 0 Å². The van der Waals surface area contributed by atoms with Gasteiger partial charge in [0.1, 0.15) is 0 Å². The van der Waals surface area contributed by atoms with Gasteiger partial charge in [0.25, 0.3) is 0 Å². The Kier molecular flexibility index (Phi) is 8.46. The topological polar surface area (TPSA) is 29.5 Å². The summed E-state index contributed by atoms with van der Waals surface area (Å²) in [4.78, 5) is 0. The zero-order valence-corrected chi connectivity index (χ0v) is 9.25. The van der Waals surface area contributed by atoms with Gasteiger partial charge >= 0.3 is 0 Å². The smallest absolute Gasteiger partial charge is 0.0805 e. The quantitative estimate of drug-likeness (QED) is 0.593. The molecule has 0 aliphatic heterocycles. The molecule has 0 saturated heterocycles. The summed E-state index contributed by atoms with van der Waals surface area (Å²) in [5.74, 6) is 0. The highest BCUT2D eigenvalue weighted by Crippen LogP contribution is 2.09. The Hall–Kier alpha value is -0.0800. The van der Waals surface area contributed by atoms with Crippen molar-refractivity contribution < 1.29 is 9.84 Å². The van der Waals surface area contributed by atoms with Gasteiger partial charge in [0.05, 0.1) is 12.2 Å². The van der Waals surface area contributed by atoms with E-state index in [1.807, 2.05) is 13.8 Å². The van der Waals surface area contributed by atoms with Crippen molar-refractivity contribution in [2.24, 2.45) is 0 Å². The summed E-state index contributed by atoms with van der Waals surface area (Å²) in [6.07, 6.45) is 5.45. The lowest BCUT2D eigenvalue weighted by Gasteiger charge is -2.18. The maximum atomic E-state index is 9.62. The maximum Gasteiger partial charge on any atom is 0.0805 e. The van der Waals surface area contributed by atoms with Crippen LogP contribution in [0.4, 0.5) is 0 Å². The van der Waals surface area contributed by atoms with Crippen molar-refractivity contribution in [3.8, 4) is 0 Å². The second-order valence-corrected chi connectivity index (χ2v) is 3.58. The molecule has 0 fully saturated rings. The zero-order chi connectivity index (χ0) is 10.1. The second kappa shape index (κ2) is 8.52. The fourth-order valence-corrected chi connectivity index (χ4v) is 1.39. The van der Waals surface area contributed by atoms with Gasteiger partial charge in [-0.2, -0.15) is 0 Å². The summed E-state index contributed by atoms with van der Waals surface area (Å²) in [6, 6.07) is 0. The first-order chi connectivity index (χ1) is 6.22. The maximum absolute atomic E-state index is 9.62. The van der Waals surface area contributed by atoms with Crippen molar-refractivity contribution >= 4 is 0 Å². The highest BCUT2D eigenvalue weighted by Gasteiger charge is 2.12. The van der Waals surface area contributed by atoms with E-state index in [9.17, 15) is 5.11 Å². The Balaban J connectivity index is 3.32. The molecular formula is C11H24O2. The fourth-order valence-electron chi connectivity index (χ4n) is 1.39. The lowest BCUT2D eigenvalue weighted by Crippen LogP contribution is -2.25. The van der Waals surface area contributed by atoms with Crippen LogP contribution < -0.4 is 0 Å². The van der Waals surface area contributed by atoms with Crippen molar-refractivity contribution in [1.29, 1.82) is 0 Å². The molecule has 0 spiro atoms. The minimum atomic E-state index is -0.281. The van der Waals surface area contributed by atoms with Crippen LogP contribution >= 0.6 is 0 Å². The third-order valence-corrected chi connectivity index (χ3v) is 2.32. The third kappa shape index (κ3) is 7.03. The molecule has 2 atom stereocenters. The molecule has 0 bridgehead atoms. The number of rotatable bonds is 8. The van der Waals surface area contributed by atoms with Crippen LogP contribution in [0.25, 0.3) is 0 Å². The van der Waals surface area contributed by atoms with Crippen molar-refractivity contribution in [2.45, 2.75) is 65.1 Å². The van der Waals surface area contributed by atoms with Crippen LogP contribution in [0.1, 0.15) is 52.9 Å². The molecule has 1 N–H and O–H groups in total. The minimum absolute atomic E-state index is 0.00775. The van der Waals surface area contributed by atoms with Crippen LogP contribution in [0.15, 0.2) is 0 Å². The van der Waals surface area contributed by atoms with E-state index in [1.165, 1.54) is 19.3 Å². The first-order valence-electron chi connectivity index (χ1n) is 5.52. The Bertz CT molecular complexity index is 104. The lowest BCUT2D eigenvalue weighted by atomic mass is 10.1. The van der Waals surface area contributed by atoms with Gasteiger partial charge in [0.2, 0.25) is 0 Å². The Morgan fingerprint density at radius 1 is 1.15 bits per heavy atom. The summed E-state index contributed by atoms with van der Waals surface area (Å²) in [6.45, 7) is 6.78. The number of ether oxygens (including phenoxy) is 1. The SMILES string of the molecule is CCCCCCC(O)C(C)OCC. The predicted octanol–water partition coefficient (Wildman–Crippen LogP) is 2.74. The number of unbranched alkanes of at least 4 members (excludes halogenated alkanes) is 3. The van der Waals surface area contributed by atoms with E-state index in [0.717, 1.165) is 12.8 Å². The largest absolute Gasteiger partial charge is 0.390 e. The van der Waals surface area contributed by atoms with Crippen molar-refractivity contribution in [2.75, 3.05) is 6.61 Å². The van der Waals surface area contributed by atoms with E-state index in [-0.39, 0.29) is 12.2 Å². The summed E-state index contributed by atoms with van der Waals surface area (Å²) in [7, 11) is 0. The van der Waals surface area contributed by atoms with Crippen LogP contribution in [-0.2, 0) is 4.74 Å². The van der Waals surface area contributed by atoms with Gasteiger partial charge in [-0.15, -0.1) is 0 Å². The third-order valence-electron chi connectivity index (χ3n) is 2.32. The normalized spacial score (nSPS) is 15.7. The molecule has 2 unspecified atom stereocenters. The van der Waals surface area contributed by atoms with E-state index in [1.54, 1.807) is 0 Å². The number of hydrogen-bond donors (Lipinski definition) is 1. The summed E-state index contributed by atoms with van der Waals surface area (Å²) in [5, 5.41) is 9.62. The molecule has 0 aliphatic rings. The molecule has 0 aromatic carbocycles. The summed E-state index contributed by atoms with van der Waals surface area (Å²) < 4.78 is 5.31. The number of aliphatic hydroxyl groups excluding tert-OH is 1. The molecule has 80 valence electrons. The Morgan fingerprint density at radius 2 is 1.85 bits per heavy atom. The molecular weight excluding hydrogens is 164 g/mol. The Labute approximate surface area is 82.3 Å². The van der Waals surface area contributed by atoms with Gasteiger partial charge in [-0.1, -0.05) is 32.6 Å². The van der Waals surface area contributed by atoms with Gasteiger partial charge in [-0.3, -0.25) is 0 Å². The van der Waals surface area contributed by atoms with Crippen LogP contribution in [0.2, 0.25) is 0 Å². The number of hydrogen-bond acceptors (Lipinski definition) is 2. The summed E-state index contributed by atoms with van der Waals surface area (Å²) >= 11 is 0. The summed E-state index contributed by atoms with van der Waals surface area (Å²) in [5.41, 5.74) is 0. The van der Waals surface area contributed by atoms with Crippen molar-refractivity contribution in [3.63, 3.8) is 0 Å². The van der Waals surface area contributed by atoms with Gasteiger partial charge in [-0.25, -0.2) is 0 Å². The molecule has 0 aromatic heterocycles. The monoisotopic (exact) mass is 188 g/mol.